The van der Waals surface area contributed by atoms with Crippen molar-refractivity contribution in [3.05, 3.63) is 34.9 Å². The van der Waals surface area contributed by atoms with Gasteiger partial charge in [0.15, 0.2) is 5.78 Å². The van der Waals surface area contributed by atoms with Crippen LogP contribution < -0.4 is 0 Å². The van der Waals surface area contributed by atoms with Gasteiger partial charge in [-0.25, -0.2) is 8.78 Å². The SMILES string of the molecule is CC(OCC(F)F)C(=O)c1ccc(Cl)cc1. The minimum absolute atomic E-state index is 0.336. The van der Waals surface area contributed by atoms with E-state index in [1.807, 2.05) is 0 Å². The molecule has 88 valence electrons. The molecule has 0 aliphatic heterocycles. The number of rotatable bonds is 5. The van der Waals surface area contributed by atoms with Crippen LogP contribution in [0.3, 0.4) is 0 Å². The number of benzene rings is 1. The third kappa shape index (κ3) is 3.87. The second-order valence-electron chi connectivity index (χ2n) is 3.24. The first kappa shape index (κ1) is 13.1. The number of carbonyl (C=O) groups excluding carboxylic acids is 1. The molecule has 0 radical (unpaired) electrons. The van der Waals surface area contributed by atoms with Crippen molar-refractivity contribution in [3.63, 3.8) is 0 Å². The summed E-state index contributed by atoms with van der Waals surface area (Å²) >= 11 is 5.66. The minimum Gasteiger partial charge on any atom is -0.364 e. The van der Waals surface area contributed by atoms with Gasteiger partial charge >= 0.3 is 0 Å². The van der Waals surface area contributed by atoms with Crippen LogP contribution in [0.2, 0.25) is 5.02 Å². The molecule has 0 spiro atoms. The molecule has 5 heteroatoms. The van der Waals surface area contributed by atoms with Crippen LogP contribution in [-0.2, 0) is 4.74 Å². The van der Waals surface area contributed by atoms with Crippen molar-refractivity contribution in [1.29, 1.82) is 0 Å². The van der Waals surface area contributed by atoms with Gasteiger partial charge in [-0.15, -0.1) is 0 Å². The third-order valence-corrected chi connectivity index (χ3v) is 2.22. The van der Waals surface area contributed by atoms with Gasteiger partial charge in [0.25, 0.3) is 6.43 Å². The summed E-state index contributed by atoms with van der Waals surface area (Å²) in [5.74, 6) is -0.336. The maximum atomic E-state index is 11.9. The number of ketones is 1. The monoisotopic (exact) mass is 248 g/mol. The highest BCUT2D eigenvalue weighted by Gasteiger charge is 2.17. The molecule has 0 aliphatic carbocycles. The number of Topliss-reactive ketones (excluding diaryl/α,β-unsaturated/α-hetero) is 1. The van der Waals surface area contributed by atoms with Gasteiger partial charge < -0.3 is 4.74 Å². The second kappa shape index (κ2) is 5.92. The fourth-order valence-electron chi connectivity index (χ4n) is 1.14. The Hall–Kier alpha value is -1.00. The standard InChI is InChI=1S/C11H11ClF2O2/c1-7(16-6-10(13)14)11(15)8-2-4-9(12)5-3-8/h2-5,7,10H,6H2,1H3. The van der Waals surface area contributed by atoms with Crippen LogP contribution >= 0.6 is 11.6 Å². The van der Waals surface area contributed by atoms with Crippen LogP contribution in [0.1, 0.15) is 17.3 Å². The highest BCUT2D eigenvalue weighted by atomic mass is 35.5. The van der Waals surface area contributed by atoms with Crippen LogP contribution in [0, 0.1) is 0 Å². The molecule has 0 aliphatic rings. The summed E-state index contributed by atoms with van der Waals surface area (Å²) in [5, 5.41) is 0.512. The molecule has 0 heterocycles. The van der Waals surface area contributed by atoms with Gasteiger partial charge in [-0.1, -0.05) is 11.6 Å². The van der Waals surface area contributed by atoms with E-state index in [1.54, 1.807) is 12.1 Å². The van der Waals surface area contributed by atoms with Crippen LogP contribution in [0.25, 0.3) is 0 Å². The topological polar surface area (TPSA) is 26.3 Å². The maximum absolute atomic E-state index is 11.9. The summed E-state index contributed by atoms with van der Waals surface area (Å²) in [7, 11) is 0. The molecular weight excluding hydrogens is 238 g/mol. The molecular formula is C11H11ClF2O2. The smallest absolute Gasteiger partial charge is 0.261 e. The molecule has 1 aromatic carbocycles. The summed E-state index contributed by atoms with van der Waals surface area (Å²) in [6, 6.07) is 6.20. The first-order chi connectivity index (χ1) is 7.50. The van der Waals surface area contributed by atoms with Gasteiger partial charge in [0.2, 0.25) is 0 Å². The van der Waals surface area contributed by atoms with Crippen molar-refractivity contribution >= 4 is 17.4 Å². The fourth-order valence-corrected chi connectivity index (χ4v) is 1.27. The van der Waals surface area contributed by atoms with Gasteiger partial charge in [0.1, 0.15) is 12.7 Å². The number of hydrogen-bond acceptors (Lipinski definition) is 2. The minimum atomic E-state index is -2.57. The average molecular weight is 249 g/mol. The molecule has 1 rings (SSSR count). The van der Waals surface area contributed by atoms with E-state index < -0.39 is 19.1 Å². The molecule has 0 N–H and O–H groups in total. The third-order valence-electron chi connectivity index (χ3n) is 1.97. The Bertz CT molecular complexity index is 352. The van der Waals surface area contributed by atoms with Crippen LogP contribution in [0.15, 0.2) is 24.3 Å². The highest BCUT2D eigenvalue weighted by Crippen LogP contribution is 2.12. The molecule has 0 saturated heterocycles. The van der Waals surface area contributed by atoms with Crippen molar-refractivity contribution in [2.75, 3.05) is 6.61 Å². The van der Waals surface area contributed by atoms with Crippen LogP contribution in [0.5, 0.6) is 0 Å². The zero-order valence-corrected chi connectivity index (χ0v) is 9.38. The number of halogens is 3. The first-order valence-electron chi connectivity index (χ1n) is 4.70. The van der Waals surface area contributed by atoms with Gasteiger partial charge in [0.05, 0.1) is 0 Å². The average Bonchev–Trinajstić information content (AvgIpc) is 2.26. The van der Waals surface area contributed by atoms with Crippen molar-refractivity contribution in [2.24, 2.45) is 0 Å². The number of hydrogen-bond donors (Lipinski definition) is 0. The van der Waals surface area contributed by atoms with Crippen molar-refractivity contribution < 1.29 is 18.3 Å². The summed E-state index contributed by atoms with van der Waals surface area (Å²) in [5.41, 5.74) is 0.395. The lowest BCUT2D eigenvalue weighted by Crippen LogP contribution is -2.23. The Morgan fingerprint density at radius 3 is 2.44 bits per heavy atom. The fraction of sp³-hybridized carbons (Fsp3) is 0.364. The van der Waals surface area contributed by atoms with Crippen molar-refractivity contribution in [1.82, 2.24) is 0 Å². The lowest BCUT2D eigenvalue weighted by atomic mass is 10.1. The Morgan fingerprint density at radius 1 is 1.38 bits per heavy atom. The molecule has 2 nitrogen and oxygen atoms in total. The van der Waals surface area contributed by atoms with E-state index in [-0.39, 0.29) is 5.78 Å². The quantitative estimate of drug-likeness (QED) is 0.748. The Morgan fingerprint density at radius 2 is 1.94 bits per heavy atom. The Balaban J connectivity index is 2.60. The summed E-state index contributed by atoms with van der Waals surface area (Å²) in [6.45, 7) is 0.708. The lowest BCUT2D eigenvalue weighted by molar-refractivity contribution is -0.00985. The van der Waals surface area contributed by atoms with E-state index in [2.05, 4.69) is 0 Å². The molecule has 0 amide bonds. The highest BCUT2D eigenvalue weighted by molar-refractivity contribution is 6.30. The molecule has 1 unspecified atom stereocenters. The van der Waals surface area contributed by atoms with Gasteiger partial charge in [-0.2, -0.15) is 0 Å². The predicted octanol–water partition coefficient (Wildman–Crippen LogP) is 3.19. The maximum Gasteiger partial charge on any atom is 0.261 e. The van der Waals surface area contributed by atoms with Crippen molar-refractivity contribution in [2.45, 2.75) is 19.5 Å². The molecule has 0 bridgehead atoms. The van der Waals surface area contributed by atoms with Gasteiger partial charge in [0, 0.05) is 10.6 Å². The predicted molar refractivity (Wildman–Crippen MR) is 57.2 cm³/mol. The number of carbonyl (C=O) groups is 1. The molecule has 1 aromatic rings. The largest absolute Gasteiger partial charge is 0.364 e. The van der Waals surface area contributed by atoms with Crippen LogP contribution in [0.4, 0.5) is 8.78 Å². The van der Waals surface area contributed by atoms with E-state index in [4.69, 9.17) is 16.3 Å². The van der Waals surface area contributed by atoms with E-state index >= 15 is 0 Å². The van der Waals surface area contributed by atoms with Crippen molar-refractivity contribution in [3.8, 4) is 0 Å². The van der Waals surface area contributed by atoms with E-state index in [9.17, 15) is 13.6 Å². The van der Waals surface area contributed by atoms with Gasteiger partial charge in [-0.3, -0.25) is 4.79 Å². The molecule has 16 heavy (non-hydrogen) atoms. The molecule has 0 fully saturated rings. The zero-order chi connectivity index (χ0) is 12.1. The van der Waals surface area contributed by atoms with E-state index in [1.165, 1.54) is 19.1 Å². The Labute approximate surface area is 97.2 Å². The molecule has 0 saturated carbocycles. The lowest BCUT2D eigenvalue weighted by Gasteiger charge is -2.11. The van der Waals surface area contributed by atoms with Crippen LogP contribution in [-0.4, -0.2) is 24.9 Å². The Kier molecular flexibility index (Phi) is 4.83. The first-order valence-corrected chi connectivity index (χ1v) is 5.08. The summed E-state index contributed by atoms with van der Waals surface area (Å²) in [4.78, 5) is 11.7. The zero-order valence-electron chi connectivity index (χ0n) is 8.62. The summed E-state index contributed by atoms with van der Waals surface area (Å²) < 4.78 is 28.4. The molecule has 0 aromatic heterocycles. The molecule has 1 atom stereocenters. The second-order valence-corrected chi connectivity index (χ2v) is 3.67. The van der Waals surface area contributed by atoms with Gasteiger partial charge in [-0.05, 0) is 31.2 Å². The summed E-state index contributed by atoms with van der Waals surface area (Å²) in [6.07, 6.45) is -3.45. The normalized spacial score (nSPS) is 12.8. The van der Waals surface area contributed by atoms with E-state index in [0.717, 1.165) is 0 Å². The number of ether oxygens (including phenoxy) is 1. The van der Waals surface area contributed by atoms with E-state index in [0.29, 0.717) is 10.6 Å². The number of alkyl halides is 2.